The monoisotopic (exact) mass is 1660 g/mol. The molecular weight excluding hydrogens is 1540 g/mol. The molecule has 0 fully saturated rings. The van der Waals surface area contributed by atoms with E-state index in [2.05, 4.69) is 177 Å². The lowest BCUT2D eigenvalue weighted by molar-refractivity contribution is 0.0978. The zero-order chi connectivity index (χ0) is 87.1. The molecule has 0 spiro atoms. The smallest absolute Gasteiger partial charge is 0.261 e. The van der Waals surface area contributed by atoms with Crippen molar-refractivity contribution in [2.45, 2.75) is 258 Å². The van der Waals surface area contributed by atoms with Crippen molar-refractivity contribution in [3.63, 3.8) is 0 Å². The van der Waals surface area contributed by atoms with Crippen LogP contribution in [0.15, 0.2) is 202 Å². The average molecular weight is 1660 g/mol. The van der Waals surface area contributed by atoms with Gasteiger partial charge >= 0.3 is 0 Å². The molecule has 1 aliphatic rings. The van der Waals surface area contributed by atoms with Crippen molar-refractivity contribution in [3.8, 4) is 17.2 Å². The fourth-order valence-electron chi connectivity index (χ4n) is 17.6. The number of nitrogens with zero attached hydrogens (tertiary/aromatic N) is 7. The van der Waals surface area contributed by atoms with Crippen LogP contribution in [0, 0.1) is 0 Å². The molecule has 0 amide bonds. The fraction of sp³-hybridized carbons (Fsp3) is 0.417. The van der Waals surface area contributed by atoms with Crippen LogP contribution < -0.4 is 58.7 Å². The molecule has 0 saturated carbocycles. The van der Waals surface area contributed by atoms with Gasteiger partial charge in [-0.25, -0.2) is 0 Å². The van der Waals surface area contributed by atoms with Crippen molar-refractivity contribution in [1.82, 2.24) is 33.3 Å². The topological polar surface area (TPSA) is 249 Å². The van der Waals surface area contributed by atoms with Gasteiger partial charge in [0, 0.05) is 61.2 Å². The summed E-state index contributed by atoms with van der Waals surface area (Å²) in [4.78, 5) is 135. The summed E-state index contributed by atoms with van der Waals surface area (Å²) < 4.78 is 25.2. The van der Waals surface area contributed by atoms with Gasteiger partial charge in [-0.1, -0.05) is 230 Å². The van der Waals surface area contributed by atoms with E-state index in [1.54, 1.807) is 36.4 Å². The Hall–Kier alpha value is -11.8. The van der Waals surface area contributed by atoms with Crippen LogP contribution >= 0.6 is 0 Å². The Bertz CT molecular complexity index is 6160. The molecule has 5 heterocycles. The van der Waals surface area contributed by atoms with Gasteiger partial charge in [-0.05, 0) is 192 Å². The molecule has 8 aromatic carbocycles. The minimum absolute atomic E-state index is 0.00781. The second-order valence-corrected chi connectivity index (χ2v) is 36.7. The van der Waals surface area contributed by atoms with E-state index in [4.69, 9.17) is 14.2 Å². The summed E-state index contributed by atoms with van der Waals surface area (Å²) in [6.07, 6.45) is 18.7. The fourth-order valence-corrected chi connectivity index (χ4v) is 17.6. The summed E-state index contributed by atoms with van der Waals surface area (Å²) in [6, 6.07) is 51.7. The summed E-state index contributed by atoms with van der Waals surface area (Å²) >= 11 is 0. The van der Waals surface area contributed by atoms with Crippen molar-refractivity contribution in [3.05, 3.63) is 314 Å². The zero-order valence-corrected chi connectivity index (χ0v) is 73.0. The number of carbonyl (C=O) groups excluding carboxylic acids is 2. The highest BCUT2D eigenvalue weighted by Gasteiger charge is 2.40. The van der Waals surface area contributed by atoms with Crippen molar-refractivity contribution in [2.24, 2.45) is 0 Å². The first-order valence-electron chi connectivity index (χ1n) is 44.4. The Morgan fingerprint density at radius 1 is 0.276 bits per heavy atom. The number of ether oxygens (including phenoxy) is 3. The van der Waals surface area contributed by atoms with Crippen LogP contribution in [-0.2, 0) is 60.8 Å². The molecule has 640 valence electrons. The van der Waals surface area contributed by atoms with Gasteiger partial charge in [-0.15, -0.1) is 5.10 Å². The van der Waals surface area contributed by atoms with Crippen LogP contribution in [0.2, 0.25) is 0 Å². The van der Waals surface area contributed by atoms with Gasteiger partial charge in [0.25, 0.3) is 44.5 Å². The minimum Gasteiger partial charge on any atom is -0.494 e. The summed E-state index contributed by atoms with van der Waals surface area (Å²) in [6.45, 7) is 25.3. The van der Waals surface area contributed by atoms with E-state index in [-0.39, 0.29) is 96.1 Å². The van der Waals surface area contributed by atoms with E-state index in [1.807, 2.05) is 10.9 Å². The first-order valence-corrected chi connectivity index (χ1v) is 44.4. The van der Waals surface area contributed by atoms with Crippen molar-refractivity contribution >= 4 is 54.7 Å². The SMILES string of the molecule is CCCCCCn1c(=O)c2cc3c(=O)n(CCCCCCOc4ccc5c(c4)C(=O)c4ccc(OCCCCCCc6cn(CCCCCCn7c(=O)c8cc9c(=O)n(CCCCCCOc%10ccc(C(c%11ccc(C(C)(C)C)cc%11)(c%11ccc(C(C)(C)C)cc%11)c%11ccc(C(C)(C)C)cc%11)cc%10)c(=O)c9cc8c7=O)nn6)cc4C5=O)c(=O)c3cc2c1=O. The number of unbranched alkanes of at least 4 members (excludes halogenated alkanes) is 15. The summed E-state index contributed by atoms with van der Waals surface area (Å²) in [5.74, 6) is 1.22. The number of aryl methyl sites for hydroxylation is 2. The number of aromatic nitrogens is 7. The van der Waals surface area contributed by atoms with E-state index in [9.17, 15) is 47.9 Å². The summed E-state index contributed by atoms with van der Waals surface area (Å²) in [5.41, 5.74) is 6.36. The van der Waals surface area contributed by atoms with Gasteiger partial charge in [-0.3, -0.25) is 70.9 Å². The maximum Gasteiger partial charge on any atom is 0.261 e. The Kier molecular flexibility index (Phi) is 26.7. The standard InChI is InChI=1S/C103H115N7O13/c1-11-12-13-24-53-107-92(113)82-62-86-87(63-83(82)93(107)114)97(118)110(96(86)117)56-27-18-21-30-59-123-77-49-51-79-81(61-77)91(112)78-50-48-76(60-80(78)90(79)111)122-58-28-19-14-22-31-74-66-106(105-104-74)52-23-15-16-25-54-108-94(115)84-64-88-89(65-85(84)95(108)116)99(120)109(98(88)119)55-26-17-20-29-57-121-75-46-44-73(45-47-75)103(70-38-32-67(33-39-70)100(2,3)4,71-40-34-68(35-41-71)101(5,6)7)72-42-36-69(37-43-72)102(8,9)10/h32-51,60-66H,11-31,52-59H2,1-10H3. The van der Waals surface area contributed by atoms with Gasteiger partial charge in [0.15, 0.2) is 11.6 Å². The predicted molar refractivity (Wildman–Crippen MR) is 489 cm³/mol. The number of carbonyl (C=O) groups is 2. The van der Waals surface area contributed by atoms with Crippen molar-refractivity contribution in [2.75, 3.05) is 19.8 Å². The highest BCUT2D eigenvalue weighted by molar-refractivity contribution is 6.28. The van der Waals surface area contributed by atoms with Crippen LogP contribution in [-0.4, -0.2) is 64.6 Å². The number of fused-ring (bicyclic) bond motifs is 6. The molecule has 5 aromatic heterocycles. The number of benzene rings is 8. The molecule has 0 unspecified atom stereocenters. The van der Waals surface area contributed by atoms with E-state index >= 15 is 0 Å². The third-order valence-electron chi connectivity index (χ3n) is 24.9. The highest BCUT2D eigenvalue weighted by atomic mass is 16.5. The average Bonchev–Trinajstić information content (AvgIpc) is 1.54. The Morgan fingerprint density at radius 3 is 0.862 bits per heavy atom. The first kappa shape index (κ1) is 87.5. The normalized spacial score (nSPS) is 12.7. The van der Waals surface area contributed by atoms with E-state index < -0.39 is 49.9 Å². The Balaban J connectivity index is 0.472. The molecule has 0 atom stereocenters. The number of hydrogen-bond acceptors (Lipinski definition) is 15. The van der Waals surface area contributed by atoms with Crippen LogP contribution in [0.3, 0.4) is 0 Å². The van der Waals surface area contributed by atoms with E-state index in [0.29, 0.717) is 99.6 Å². The van der Waals surface area contributed by atoms with Gasteiger partial charge < -0.3 is 14.2 Å². The third kappa shape index (κ3) is 18.8. The number of hydrogen-bond donors (Lipinski definition) is 0. The molecule has 0 saturated heterocycles. The van der Waals surface area contributed by atoms with E-state index in [0.717, 1.165) is 113 Å². The quantitative estimate of drug-likeness (QED) is 0.0256. The molecule has 13 aromatic rings. The van der Waals surface area contributed by atoms with Crippen LogP contribution in [0.1, 0.15) is 274 Å². The largest absolute Gasteiger partial charge is 0.494 e. The maximum atomic E-state index is 13.8. The Morgan fingerprint density at radius 2 is 0.545 bits per heavy atom. The van der Waals surface area contributed by atoms with E-state index in [1.165, 1.54) is 75.9 Å². The second-order valence-electron chi connectivity index (χ2n) is 36.7. The van der Waals surface area contributed by atoms with Crippen LogP contribution in [0.5, 0.6) is 17.2 Å². The lowest BCUT2D eigenvalue weighted by atomic mass is 9.64. The summed E-state index contributed by atoms with van der Waals surface area (Å²) in [7, 11) is 0. The first-order chi connectivity index (χ1) is 59.0. The molecule has 0 radical (unpaired) electrons. The number of ketones is 2. The summed E-state index contributed by atoms with van der Waals surface area (Å²) in [5, 5.41) is 10.0. The zero-order valence-electron chi connectivity index (χ0n) is 73.0. The van der Waals surface area contributed by atoms with Gasteiger partial charge in [-0.2, -0.15) is 0 Å². The lowest BCUT2D eigenvalue weighted by Crippen LogP contribution is -2.31. The van der Waals surface area contributed by atoms with Crippen molar-refractivity contribution < 1.29 is 23.8 Å². The third-order valence-corrected chi connectivity index (χ3v) is 24.9. The maximum absolute atomic E-state index is 13.8. The molecule has 0 bridgehead atoms. The predicted octanol–water partition coefficient (Wildman–Crippen LogP) is 18.1. The molecule has 0 N–H and O–H groups in total. The molecule has 20 nitrogen and oxygen atoms in total. The highest BCUT2D eigenvalue weighted by Crippen LogP contribution is 2.47. The molecular formula is C103H115N7O13. The Labute approximate surface area is 716 Å². The van der Waals surface area contributed by atoms with Crippen LogP contribution in [0.25, 0.3) is 43.1 Å². The van der Waals surface area contributed by atoms with Crippen LogP contribution in [0.4, 0.5) is 0 Å². The molecule has 1 aliphatic carbocycles. The van der Waals surface area contributed by atoms with Gasteiger partial charge in [0.1, 0.15) is 17.2 Å². The molecule has 14 rings (SSSR count). The van der Waals surface area contributed by atoms with Gasteiger partial charge in [0.2, 0.25) is 0 Å². The minimum atomic E-state index is -0.640. The lowest BCUT2D eigenvalue weighted by Gasteiger charge is -2.38. The molecule has 0 aliphatic heterocycles. The second kappa shape index (κ2) is 37.5. The molecule has 20 heteroatoms. The molecule has 123 heavy (non-hydrogen) atoms. The number of rotatable bonds is 40. The van der Waals surface area contributed by atoms with Crippen molar-refractivity contribution in [1.29, 1.82) is 0 Å². The van der Waals surface area contributed by atoms with Gasteiger partial charge in [0.05, 0.1) is 74.0 Å².